The molecule has 0 aliphatic carbocycles. The average Bonchev–Trinajstić information content (AvgIpc) is 3.43. The molecule has 5 rings (SSSR count). The van der Waals surface area contributed by atoms with Gasteiger partial charge in [0.15, 0.2) is 5.13 Å². The molecule has 158 valence electrons. The third-order valence-corrected chi connectivity index (χ3v) is 7.32. The fraction of sp³-hybridized carbons (Fsp3) is 0.444. The highest BCUT2D eigenvalue weighted by Crippen LogP contribution is 2.41. The molecule has 0 amide bonds. The van der Waals surface area contributed by atoms with Gasteiger partial charge in [-0.2, -0.15) is 18.0 Å². The van der Waals surface area contributed by atoms with Crippen molar-refractivity contribution in [1.29, 1.82) is 0 Å². The predicted octanol–water partition coefficient (Wildman–Crippen LogP) is 3.69. The maximum absolute atomic E-state index is 13.1. The summed E-state index contributed by atoms with van der Waals surface area (Å²) in [6, 6.07) is 3.83. The van der Waals surface area contributed by atoms with Gasteiger partial charge in [0.25, 0.3) is 0 Å². The molecule has 3 aromatic rings. The number of fused-ring (bicyclic) bond motifs is 1. The van der Waals surface area contributed by atoms with Crippen LogP contribution in [0.25, 0.3) is 10.7 Å². The quantitative estimate of drug-likeness (QED) is 0.547. The normalized spacial score (nSPS) is 21.5. The number of thiazole rings is 1. The minimum Gasteiger partial charge on any atom is -0.370 e. The van der Waals surface area contributed by atoms with Crippen LogP contribution >= 0.6 is 27.3 Å². The minimum absolute atomic E-state index is 0.383. The summed E-state index contributed by atoms with van der Waals surface area (Å²) >= 11 is 4.95. The maximum atomic E-state index is 13.1. The summed E-state index contributed by atoms with van der Waals surface area (Å²) in [6.07, 6.45) is -2.58. The molecule has 4 heterocycles. The first kappa shape index (κ1) is 19.7. The van der Waals surface area contributed by atoms with Gasteiger partial charge >= 0.3 is 6.18 Å². The van der Waals surface area contributed by atoms with E-state index in [2.05, 4.69) is 46.1 Å². The lowest BCUT2D eigenvalue weighted by molar-refractivity contribution is -0.137. The summed E-state index contributed by atoms with van der Waals surface area (Å²) in [7, 11) is 1.72. The number of alkyl halides is 3. The first-order valence-corrected chi connectivity index (χ1v) is 11.0. The molecule has 0 saturated carbocycles. The van der Waals surface area contributed by atoms with Gasteiger partial charge in [-0.1, -0.05) is 11.3 Å². The fourth-order valence-corrected chi connectivity index (χ4v) is 5.53. The largest absolute Gasteiger partial charge is 0.416 e. The van der Waals surface area contributed by atoms with Crippen molar-refractivity contribution < 1.29 is 13.2 Å². The number of halogens is 4. The molecule has 0 spiro atoms. The van der Waals surface area contributed by atoms with E-state index in [1.54, 1.807) is 13.2 Å². The number of benzene rings is 1. The van der Waals surface area contributed by atoms with Crippen molar-refractivity contribution in [1.82, 2.24) is 25.2 Å². The van der Waals surface area contributed by atoms with Crippen molar-refractivity contribution >= 4 is 38.1 Å². The number of tetrazole rings is 1. The molecule has 2 aromatic heterocycles. The number of nitrogens with zero attached hydrogens (tertiary/aromatic N) is 7. The Morgan fingerprint density at radius 2 is 1.80 bits per heavy atom. The van der Waals surface area contributed by atoms with E-state index in [1.165, 1.54) is 28.3 Å². The summed E-state index contributed by atoms with van der Waals surface area (Å²) in [6.45, 7) is 3.12. The molecular weight excluding hydrogens is 483 g/mol. The second-order valence-corrected chi connectivity index (χ2v) is 9.47. The van der Waals surface area contributed by atoms with E-state index >= 15 is 0 Å². The van der Waals surface area contributed by atoms with Crippen LogP contribution in [0.3, 0.4) is 0 Å². The lowest BCUT2D eigenvalue weighted by Crippen LogP contribution is -2.29. The molecule has 30 heavy (non-hydrogen) atoms. The van der Waals surface area contributed by atoms with Crippen LogP contribution in [0.2, 0.25) is 0 Å². The number of hydrogen-bond donors (Lipinski definition) is 0. The van der Waals surface area contributed by atoms with Crippen molar-refractivity contribution in [2.24, 2.45) is 18.9 Å². The molecule has 0 radical (unpaired) electrons. The number of hydrogen-bond acceptors (Lipinski definition) is 7. The Morgan fingerprint density at radius 1 is 1.10 bits per heavy atom. The van der Waals surface area contributed by atoms with Gasteiger partial charge < -0.3 is 9.80 Å². The molecule has 2 aliphatic rings. The minimum atomic E-state index is -4.34. The number of aromatic nitrogens is 5. The Balaban J connectivity index is 1.29. The first-order chi connectivity index (χ1) is 14.3. The number of anilines is 2. The zero-order valence-corrected chi connectivity index (χ0v) is 18.2. The molecule has 2 aliphatic heterocycles. The summed E-state index contributed by atoms with van der Waals surface area (Å²) in [5.41, 5.74) is -0.0108. The topological polar surface area (TPSA) is 63.0 Å². The Hall–Kier alpha value is -2.21. The number of aryl methyl sites for hydroxylation is 1. The molecule has 0 bridgehead atoms. The van der Waals surface area contributed by atoms with Crippen LogP contribution in [0.1, 0.15) is 5.56 Å². The zero-order valence-electron chi connectivity index (χ0n) is 15.8. The molecular formula is C18H17BrF3N7S. The molecule has 7 nitrogen and oxygen atoms in total. The standard InChI is InChI=1S/C18H17BrF3N7S/c1-27-25-16(24-26-27)15-5-23-17(30-15)29-8-10-6-28(7-11(10)9-29)14-4-12(18(20,21)22)2-3-13(14)19/h2-5,10-11H,6-9H2,1H3. The van der Waals surface area contributed by atoms with Gasteiger partial charge in [0.05, 0.1) is 29.4 Å². The number of rotatable bonds is 3. The van der Waals surface area contributed by atoms with Crippen LogP contribution in [0.5, 0.6) is 0 Å². The van der Waals surface area contributed by atoms with Gasteiger partial charge in [0.2, 0.25) is 5.82 Å². The first-order valence-electron chi connectivity index (χ1n) is 9.35. The van der Waals surface area contributed by atoms with Crippen molar-refractivity contribution in [3.05, 3.63) is 34.4 Å². The summed E-state index contributed by atoms with van der Waals surface area (Å²) < 4.78 is 40.1. The van der Waals surface area contributed by atoms with Gasteiger partial charge in [-0.15, -0.1) is 10.2 Å². The molecule has 12 heteroatoms. The van der Waals surface area contributed by atoms with Crippen LogP contribution < -0.4 is 9.80 Å². The van der Waals surface area contributed by atoms with Crippen molar-refractivity contribution in [3.8, 4) is 10.7 Å². The van der Waals surface area contributed by atoms with Crippen molar-refractivity contribution in [2.75, 3.05) is 36.0 Å². The molecule has 2 fully saturated rings. The van der Waals surface area contributed by atoms with Crippen LogP contribution in [0, 0.1) is 11.8 Å². The van der Waals surface area contributed by atoms with Gasteiger partial charge in [-0.3, -0.25) is 0 Å². The second kappa shape index (κ2) is 7.19. The lowest BCUT2D eigenvalue weighted by atomic mass is 10.0. The highest BCUT2D eigenvalue weighted by Gasteiger charge is 2.42. The van der Waals surface area contributed by atoms with Crippen LogP contribution in [0.4, 0.5) is 24.0 Å². The molecule has 2 saturated heterocycles. The summed E-state index contributed by atoms with van der Waals surface area (Å²) in [5.74, 6) is 1.32. The lowest BCUT2D eigenvalue weighted by Gasteiger charge is -2.24. The molecule has 1 aromatic carbocycles. The third kappa shape index (κ3) is 3.55. The Labute approximate surface area is 182 Å². The Morgan fingerprint density at radius 3 is 2.43 bits per heavy atom. The molecule has 2 atom stereocenters. The molecule has 2 unspecified atom stereocenters. The van der Waals surface area contributed by atoms with Gasteiger partial charge in [0, 0.05) is 42.5 Å². The second-order valence-electron chi connectivity index (χ2n) is 7.60. The average molecular weight is 500 g/mol. The SMILES string of the molecule is Cn1nnc(-c2cnc(N3CC4CN(c5cc(C(F)(F)F)ccc5Br)CC4C3)s2)n1. The highest BCUT2D eigenvalue weighted by molar-refractivity contribution is 9.10. The van der Waals surface area contributed by atoms with Crippen molar-refractivity contribution in [2.45, 2.75) is 6.18 Å². The van der Waals surface area contributed by atoms with E-state index in [-0.39, 0.29) is 0 Å². The molecule has 0 N–H and O–H groups in total. The predicted molar refractivity (Wildman–Crippen MR) is 110 cm³/mol. The van der Waals surface area contributed by atoms with E-state index in [1.807, 2.05) is 0 Å². The summed E-state index contributed by atoms with van der Waals surface area (Å²) in [4.78, 5) is 11.1. The Bertz CT molecular complexity index is 1070. The zero-order chi connectivity index (χ0) is 21.0. The van der Waals surface area contributed by atoms with Gasteiger partial charge in [-0.05, 0) is 39.3 Å². The van der Waals surface area contributed by atoms with Crippen LogP contribution in [-0.4, -0.2) is 51.4 Å². The highest BCUT2D eigenvalue weighted by atomic mass is 79.9. The fourth-order valence-electron chi connectivity index (χ4n) is 4.17. The van der Waals surface area contributed by atoms with Crippen LogP contribution in [0.15, 0.2) is 28.9 Å². The Kier molecular flexibility index (Phi) is 4.73. The summed E-state index contributed by atoms with van der Waals surface area (Å²) in [5, 5.41) is 13.0. The van der Waals surface area contributed by atoms with Crippen molar-refractivity contribution in [3.63, 3.8) is 0 Å². The van der Waals surface area contributed by atoms with E-state index in [4.69, 9.17) is 0 Å². The monoisotopic (exact) mass is 499 g/mol. The van der Waals surface area contributed by atoms with E-state index in [9.17, 15) is 13.2 Å². The van der Waals surface area contributed by atoms with E-state index in [0.717, 1.165) is 42.3 Å². The van der Waals surface area contributed by atoms with Gasteiger partial charge in [-0.25, -0.2) is 4.98 Å². The van der Waals surface area contributed by atoms with E-state index in [0.29, 0.717) is 27.8 Å². The maximum Gasteiger partial charge on any atom is 0.416 e. The van der Waals surface area contributed by atoms with E-state index < -0.39 is 11.7 Å². The van der Waals surface area contributed by atoms with Crippen LogP contribution in [-0.2, 0) is 13.2 Å². The smallest absolute Gasteiger partial charge is 0.370 e. The third-order valence-electron chi connectivity index (χ3n) is 5.59. The van der Waals surface area contributed by atoms with Gasteiger partial charge in [0.1, 0.15) is 0 Å².